The third kappa shape index (κ3) is 3.39. The number of hydrogen-bond acceptors (Lipinski definition) is 7. The van der Waals surface area contributed by atoms with Gasteiger partial charge in [0.15, 0.2) is 5.65 Å². The lowest BCUT2D eigenvalue weighted by Crippen LogP contribution is -2.32. The number of fused-ring (bicyclic) bond motifs is 1. The minimum absolute atomic E-state index is 0.374. The number of nitrogens with two attached hydrogens (primary N) is 1. The Morgan fingerprint density at radius 3 is 2.46 bits per heavy atom. The van der Waals surface area contributed by atoms with E-state index in [1.54, 1.807) is 17.9 Å². The molecule has 3 aromatic rings. The van der Waals surface area contributed by atoms with Gasteiger partial charge in [0.1, 0.15) is 11.6 Å². The molecule has 1 aliphatic rings. The van der Waals surface area contributed by atoms with Crippen LogP contribution in [-0.4, -0.2) is 50.9 Å². The Labute approximate surface area is 158 Å². The zero-order valence-corrected chi connectivity index (χ0v) is 15.2. The number of halogens is 3. The third-order valence-electron chi connectivity index (χ3n) is 4.79. The van der Waals surface area contributed by atoms with Crippen LogP contribution in [0, 0.1) is 0 Å². The minimum atomic E-state index is -4.39. The normalized spacial score (nSPS) is 15.9. The van der Waals surface area contributed by atoms with Crippen molar-refractivity contribution < 1.29 is 13.2 Å². The predicted molar refractivity (Wildman–Crippen MR) is 99.0 cm³/mol. The molecule has 0 radical (unpaired) electrons. The maximum atomic E-state index is 12.7. The fourth-order valence-electron chi connectivity index (χ4n) is 3.26. The summed E-state index contributed by atoms with van der Waals surface area (Å²) in [6.45, 7) is 2.58. The van der Waals surface area contributed by atoms with Crippen LogP contribution in [0.2, 0.25) is 0 Å². The van der Waals surface area contributed by atoms with Crippen LogP contribution >= 0.6 is 0 Å². The van der Waals surface area contributed by atoms with Crippen molar-refractivity contribution in [1.82, 2.24) is 24.7 Å². The number of aromatic nitrogens is 5. The van der Waals surface area contributed by atoms with Gasteiger partial charge in [0.25, 0.3) is 0 Å². The van der Waals surface area contributed by atoms with Crippen LogP contribution in [0.5, 0.6) is 0 Å². The van der Waals surface area contributed by atoms with E-state index in [2.05, 4.69) is 20.1 Å². The van der Waals surface area contributed by atoms with Crippen molar-refractivity contribution in [3.8, 4) is 0 Å². The van der Waals surface area contributed by atoms with E-state index in [4.69, 9.17) is 5.73 Å². The van der Waals surface area contributed by atoms with Crippen molar-refractivity contribution in [2.75, 3.05) is 41.7 Å². The second-order valence-electron chi connectivity index (χ2n) is 6.64. The van der Waals surface area contributed by atoms with Crippen LogP contribution in [0.4, 0.5) is 30.8 Å². The molecule has 4 rings (SSSR count). The fraction of sp³-hybridized carbons (Fsp3) is 0.412. The molecule has 1 fully saturated rings. The van der Waals surface area contributed by atoms with Gasteiger partial charge in [-0.1, -0.05) is 0 Å². The predicted octanol–water partition coefficient (Wildman–Crippen LogP) is 2.08. The summed E-state index contributed by atoms with van der Waals surface area (Å²) in [5.41, 5.74) is 5.95. The Hall–Kier alpha value is -3.11. The average Bonchev–Trinajstić information content (AvgIpc) is 2.89. The number of nitrogen functional groups attached to an aromatic ring is 1. The highest BCUT2D eigenvalue weighted by Gasteiger charge is 2.31. The lowest BCUT2D eigenvalue weighted by Gasteiger charge is -2.23. The van der Waals surface area contributed by atoms with Crippen LogP contribution in [0.25, 0.3) is 11.0 Å². The van der Waals surface area contributed by atoms with Gasteiger partial charge in [-0.2, -0.15) is 28.2 Å². The van der Waals surface area contributed by atoms with Crippen LogP contribution < -0.4 is 15.5 Å². The number of nitrogens with zero attached hydrogens (tertiary/aromatic N) is 7. The van der Waals surface area contributed by atoms with Gasteiger partial charge >= 0.3 is 6.18 Å². The minimum Gasteiger partial charge on any atom is -0.383 e. The Morgan fingerprint density at radius 1 is 1.00 bits per heavy atom. The molecule has 148 valence electrons. The van der Waals surface area contributed by atoms with Gasteiger partial charge < -0.3 is 15.5 Å². The van der Waals surface area contributed by atoms with Gasteiger partial charge in [-0.25, -0.2) is 4.98 Å². The summed E-state index contributed by atoms with van der Waals surface area (Å²) in [5, 5.41) is 4.86. The zero-order chi connectivity index (χ0) is 19.9. The molecule has 0 unspecified atom stereocenters. The molecule has 0 amide bonds. The third-order valence-corrected chi connectivity index (χ3v) is 4.79. The Bertz CT molecular complexity index is 982. The first kappa shape index (κ1) is 18.3. The SMILES string of the molecule is Cn1ncc2c(N)nc(N3CCCN(c4ccc(C(F)(F)F)cn4)CC3)nc21. The van der Waals surface area contributed by atoms with Crippen molar-refractivity contribution in [2.45, 2.75) is 12.6 Å². The van der Waals surface area contributed by atoms with Crippen LogP contribution in [-0.2, 0) is 13.2 Å². The molecular weight excluding hydrogens is 373 g/mol. The van der Waals surface area contributed by atoms with Gasteiger partial charge in [0.2, 0.25) is 5.95 Å². The maximum Gasteiger partial charge on any atom is 0.417 e. The Morgan fingerprint density at radius 2 is 1.75 bits per heavy atom. The van der Waals surface area contributed by atoms with E-state index in [1.807, 2.05) is 9.80 Å². The van der Waals surface area contributed by atoms with Crippen LogP contribution in [0.1, 0.15) is 12.0 Å². The van der Waals surface area contributed by atoms with Gasteiger partial charge in [0.05, 0.1) is 17.1 Å². The monoisotopic (exact) mass is 392 g/mol. The van der Waals surface area contributed by atoms with E-state index in [-0.39, 0.29) is 0 Å². The van der Waals surface area contributed by atoms with E-state index in [0.29, 0.717) is 54.8 Å². The van der Waals surface area contributed by atoms with Gasteiger partial charge in [-0.3, -0.25) is 4.68 Å². The van der Waals surface area contributed by atoms with Crippen molar-refractivity contribution in [3.05, 3.63) is 30.1 Å². The smallest absolute Gasteiger partial charge is 0.383 e. The van der Waals surface area contributed by atoms with E-state index in [9.17, 15) is 13.2 Å². The van der Waals surface area contributed by atoms with Crippen molar-refractivity contribution >= 4 is 28.6 Å². The summed E-state index contributed by atoms with van der Waals surface area (Å²) in [7, 11) is 1.79. The lowest BCUT2D eigenvalue weighted by molar-refractivity contribution is -0.137. The maximum absolute atomic E-state index is 12.7. The lowest BCUT2D eigenvalue weighted by atomic mass is 10.2. The molecule has 11 heteroatoms. The molecule has 0 saturated carbocycles. The van der Waals surface area contributed by atoms with Crippen LogP contribution in [0.15, 0.2) is 24.5 Å². The van der Waals surface area contributed by atoms with Crippen molar-refractivity contribution in [1.29, 1.82) is 0 Å². The topological polar surface area (TPSA) is 89.0 Å². The molecule has 0 aliphatic carbocycles. The summed E-state index contributed by atoms with van der Waals surface area (Å²) < 4.78 is 39.8. The number of aryl methyl sites for hydroxylation is 1. The summed E-state index contributed by atoms with van der Waals surface area (Å²) in [6, 6.07) is 2.47. The summed E-state index contributed by atoms with van der Waals surface area (Å²) >= 11 is 0. The van der Waals surface area contributed by atoms with E-state index in [1.165, 1.54) is 6.07 Å². The number of anilines is 3. The molecule has 1 aliphatic heterocycles. The summed E-state index contributed by atoms with van der Waals surface area (Å²) in [6.07, 6.45) is -1.09. The van der Waals surface area contributed by atoms with E-state index >= 15 is 0 Å². The van der Waals surface area contributed by atoms with Gasteiger partial charge in [-0.15, -0.1) is 0 Å². The Balaban J connectivity index is 1.52. The highest BCUT2D eigenvalue weighted by molar-refractivity contribution is 5.86. The molecule has 4 heterocycles. The molecule has 0 spiro atoms. The summed E-state index contributed by atoms with van der Waals surface area (Å²) in [5.74, 6) is 1.42. The molecule has 28 heavy (non-hydrogen) atoms. The first-order chi connectivity index (χ1) is 13.3. The Kier molecular flexibility index (Phi) is 4.44. The fourth-order valence-corrected chi connectivity index (χ4v) is 3.26. The first-order valence-electron chi connectivity index (χ1n) is 8.81. The van der Waals surface area contributed by atoms with Crippen molar-refractivity contribution in [3.63, 3.8) is 0 Å². The molecule has 3 aromatic heterocycles. The molecule has 0 atom stereocenters. The quantitative estimate of drug-likeness (QED) is 0.714. The summed E-state index contributed by atoms with van der Waals surface area (Å²) in [4.78, 5) is 16.9. The molecule has 0 bridgehead atoms. The first-order valence-corrected chi connectivity index (χ1v) is 8.81. The molecule has 0 aromatic carbocycles. The number of hydrogen-bond donors (Lipinski definition) is 1. The number of pyridine rings is 1. The number of alkyl halides is 3. The zero-order valence-electron chi connectivity index (χ0n) is 15.2. The second kappa shape index (κ2) is 6.80. The van der Waals surface area contributed by atoms with Crippen LogP contribution in [0.3, 0.4) is 0 Å². The highest BCUT2D eigenvalue weighted by atomic mass is 19.4. The standard InChI is InChI=1S/C17H19F3N8/c1-26-15-12(10-23-26)14(21)24-16(25-15)28-6-2-5-27(7-8-28)13-4-3-11(9-22-13)17(18,19)20/h3-4,9-10H,2,5-8H2,1H3,(H2,21,24,25). The average molecular weight is 392 g/mol. The second-order valence-corrected chi connectivity index (χ2v) is 6.64. The number of rotatable bonds is 2. The molecular formula is C17H19F3N8. The highest BCUT2D eigenvalue weighted by Crippen LogP contribution is 2.29. The molecule has 2 N–H and O–H groups in total. The van der Waals surface area contributed by atoms with E-state index in [0.717, 1.165) is 18.7 Å². The van der Waals surface area contributed by atoms with Crippen molar-refractivity contribution in [2.24, 2.45) is 7.05 Å². The molecule has 1 saturated heterocycles. The van der Waals surface area contributed by atoms with Gasteiger partial charge in [-0.05, 0) is 18.6 Å². The van der Waals surface area contributed by atoms with Gasteiger partial charge in [0, 0.05) is 39.4 Å². The largest absolute Gasteiger partial charge is 0.417 e. The molecule has 8 nitrogen and oxygen atoms in total. The van der Waals surface area contributed by atoms with E-state index < -0.39 is 11.7 Å².